The summed E-state index contributed by atoms with van der Waals surface area (Å²) in [5, 5.41) is 4.62. The molecule has 2 rings (SSSR count). The molecule has 0 bridgehead atoms. The summed E-state index contributed by atoms with van der Waals surface area (Å²) in [6.45, 7) is 18.6. The summed E-state index contributed by atoms with van der Waals surface area (Å²) in [7, 11) is 0. The third kappa shape index (κ3) is 4.27. The molecule has 0 saturated carbocycles. The Morgan fingerprint density at radius 3 is 1.85 bits per heavy atom. The molecule has 0 unspecified atom stereocenters. The molecule has 26 heavy (non-hydrogen) atoms. The van der Waals surface area contributed by atoms with Crippen molar-refractivity contribution in [1.82, 2.24) is 19.6 Å². The van der Waals surface area contributed by atoms with E-state index >= 15 is 0 Å². The lowest BCUT2D eigenvalue weighted by molar-refractivity contribution is -0.140. The van der Waals surface area contributed by atoms with Crippen LogP contribution in [0.15, 0.2) is 6.07 Å². The average molecular weight is 363 g/mol. The van der Waals surface area contributed by atoms with Gasteiger partial charge in [0.25, 0.3) is 5.91 Å². The first kappa shape index (κ1) is 20.5. The molecule has 2 amide bonds. The molecule has 2 heterocycles. The van der Waals surface area contributed by atoms with Crippen LogP contribution in [-0.2, 0) is 10.3 Å². The van der Waals surface area contributed by atoms with Crippen LogP contribution in [0.2, 0.25) is 0 Å². The Morgan fingerprint density at radius 2 is 1.46 bits per heavy atom. The first-order valence-corrected chi connectivity index (χ1v) is 9.51. The monoisotopic (exact) mass is 362 g/mol. The molecule has 1 fully saturated rings. The molecule has 0 spiro atoms. The second-order valence-corrected chi connectivity index (χ2v) is 9.53. The van der Waals surface area contributed by atoms with E-state index in [4.69, 9.17) is 0 Å². The number of carbonyl (C=O) groups is 2. The van der Waals surface area contributed by atoms with Crippen LogP contribution >= 0.6 is 0 Å². The third-order valence-corrected chi connectivity index (χ3v) is 4.68. The minimum absolute atomic E-state index is 0.0437. The van der Waals surface area contributed by atoms with E-state index in [0.29, 0.717) is 37.8 Å². The van der Waals surface area contributed by atoms with E-state index in [1.165, 1.54) is 0 Å². The number of hydrogen-bond acceptors (Lipinski definition) is 3. The van der Waals surface area contributed by atoms with Gasteiger partial charge in [-0.15, -0.1) is 0 Å². The van der Waals surface area contributed by atoms with Crippen molar-refractivity contribution in [3.05, 3.63) is 17.5 Å². The summed E-state index contributed by atoms with van der Waals surface area (Å²) >= 11 is 0. The van der Waals surface area contributed by atoms with E-state index in [-0.39, 0.29) is 22.8 Å². The van der Waals surface area contributed by atoms with Crippen LogP contribution in [0.25, 0.3) is 0 Å². The van der Waals surface area contributed by atoms with Gasteiger partial charge in [0.2, 0.25) is 5.91 Å². The molecule has 0 aliphatic carbocycles. The Bertz CT molecular complexity index is 669. The fourth-order valence-electron chi connectivity index (χ4n) is 3.20. The van der Waals surface area contributed by atoms with Gasteiger partial charge in [0.05, 0.1) is 5.54 Å². The van der Waals surface area contributed by atoms with E-state index < -0.39 is 0 Å². The summed E-state index contributed by atoms with van der Waals surface area (Å²) < 4.78 is 1.96. The smallest absolute Gasteiger partial charge is 0.274 e. The molecular formula is C20H34N4O2. The Balaban J connectivity index is 2.13. The molecule has 1 aromatic heterocycles. The lowest BCUT2D eigenvalue weighted by atomic mass is 9.94. The summed E-state index contributed by atoms with van der Waals surface area (Å²) in [5.41, 5.74) is 1.02. The highest BCUT2D eigenvalue weighted by molar-refractivity contribution is 5.92. The van der Waals surface area contributed by atoms with Gasteiger partial charge in [-0.05, 0) is 32.8 Å². The Kier molecular flexibility index (Phi) is 5.54. The highest BCUT2D eigenvalue weighted by Crippen LogP contribution is 2.24. The minimum Gasteiger partial charge on any atom is -0.339 e. The molecule has 0 radical (unpaired) electrons. The van der Waals surface area contributed by atoms with Gasteiger partial charge in [-0.2, -0.15) is 5.10 Å². The van der Waals surface area contributed by atoms with Crippen molar-refractivity contribution in [1.29, 1.82) is 0 Å². The molecule has 1 aliphatic heterocycles. The third-order valence-electron chi connectivity index (χ3n) is 4.68. The van der Waals surface area contributed by atoms with E-state index in [9.17, 15) is 9.59 Å². The topological polar surface area (TPSA) is 58.4 Å². The van der Waals surface area contributed by atoms with Gasteiger partial charge in [0.1, 0.15) is 0 Å². The van der Waals surface area contributed by atoms with Gasteiger partial charge in [-0.3, -0.25) is 14.3 Å². The van der Waals surface area contributed by atoms with E-state index in [1.807, 2.05) is 41.3 Å². The van der Waals surface area contributed by atoms with Gasteiger partial charge in [-0.25, -0.2) is 0 Å². The van der Waals surface area contributed by atoms with Crippen LogP contribution in [0.4, 0.5) is 0 Å². The molecule has 0 N–H and O–H groups in total. The molecule has 0 aromatic carbocycles. The lowest BCUT2D eigenvalue weighted by Crippen LogP contribution is -2.53. The molecule has 1 aliphatic rings. The SMILES string of the molecule is CC(C)c1cc(C(=O)N2CCN(C(=O)C(C)(C)C)CC2)nn1C(C)(C)C. The van der Waals surface area contributed by atoms with Crippen molar-refractivity contribution < 1.29 is 9.59 Å². The fourth-order valence-corrected chi connectivity index (χ4v) is 3.20. The number of piperazine rings is 1. The van der Waals surface area contributed by atoms with Crippen molar-refractivity contribution in [2.45, 2.75) is 66.8 Å². The van der Waals surface area contributed by atoms with Crippen LogP contribution in [0.3, 0.4) is 0 Å². The quantitative estimate of drug-likeness (QED) is 0.812. The summed E-state index contributed by atoms with van der Waals surface area (Å²) in [4.78, 5) is 29.0. The normalized spacial score (nSPS) is 16.3. The zero-order chi connectivity index (χ0) is 19.9. The Morgan fingerprint density at radius 1 is 0.962 bits per heavy atom. The van der Waals surface area contributed by atoms with Crippen LogP contribution in [0, 0.1) is 5.41 Å². The average Bonchev–Trinajstić information content (AvgIpc) is 2.98. The summed E-state index contributed by atoms with van der Waals surface area (Å²) in [6, 6.07) is 1.92. The van der Waals surface area contributed by atoms with Gasteiger partial charge in [0.15, 0.2) is 5.69 Å². The van der Waals surface area contributed by atoms with Crippen LogP contribution < -0.4 is 0 Å². The predicted molar refractivity (Wildman–Crippen MR) is 103 cm³/mol. The van der Waals surface area contributed by atoms with Crippen molar-refractivity contribution >= 4 is 11.8 Å². The zero-order valence-corrected chi connectivity index (χ0v) is 17.6. The number of rotatable bonds is 2. The molecule has 1 aromatic rings. The first-order chi connectivity index (χ1) is 11.8. The van der Waals surface area contributed by atoms with Crippen molar-refractivity contribution in [2.75, 3.05) is 26.2 Å². The summed E-state index contributed by atoms with van der Waals surface area (Å²) in [6.07, 6.45) is 0. The highest BCUT2D eigenvalue weighted by atomic mass is 16.2. The first-order valence-electron chi connectivity index (χ1n) is 9.51. The number of carbonyl (C=O) groups excluding carboxylic acids is 2. The Labute approximate surface area is 157 Å². The number of hydrogen-bond donors (Lipinski definition) is 0. The zero-order valence-electron chi connectivity index (χ0n) is 17.6. The highest BCUT2D eigenvalue weighted by Gasteiger charge is 2.32. The maximum atomic E-state index is 12.9. The second kappa shape index (κ2) is 7.05. The van der Waals surface area contributed by atoms with E-state index in [0.717, 1.165) is 5.69 Å². The van der Waals surface area contributed by atoms with Crippen LogP contribution in [0.1, 0.15) is 77.5 Å². The number of amides is 2. The lowest BCUT2D eigenvalue weighted by Gasteiger charge is -2.37. The second-order valence-electron chi connectivity index (χ2n) is 9.53. The maximum absolute atomic E-state index is 12.9. The minimum atomic E-state index is -0.385. The number of nitrogens with zero attached hydrogens (tertiary/aromatic N) is 4. The fraction of sp³-hybridized carbons (Fsp3) is 0.750. The van der Waals surface area contributed by atoms with Gasteiger partial charge < -0.3 is 9.80 Å². The standard InChI is InChI=1S/C20H34N4O2/c1-14(2)16-13-15(21-24(16)20(6,7)8)17(25)22-9-11-23(12-10-22)18(26)19(3,4)5/h13-14H,9-12H2,1-8H3. The molecule has 6 nitrogen and oxygen atoms in total. The predicted octanol–water partition coefficient (Wildman–Crippen LogP) is 3.09. The maximum Gasteiger partial charge on any atom is 0.274 e. The van der Waals surface area contributed by atoms with E-state index in [2.05, 4.69) is 39.7 Å². The van der Waals surface area contributed by atoms with Crippen LogP contribution in [-0.4, -0.2) is 57.6 Å². The molecule has 6 heteroatoms. The van der Waals surface area contributed by atoms with Crippen molar-refractivity contribution in [3.63, 3.8) is 0 Å². The van der Waals surface area contributed by atoms with Crippen molar-refractivity contribution in [2.24, 2.45) is 5.41 Å². The molecule has 1 saturated heterocycles. The van der Waals surface area contributed by atoms with Gasteiger partial charge >= 0.3 is 0 Å². The van der Waals surface area contributed by atoms with Gasteiger partial charge in [-0.1, -0.05) is 34.6 Å². The number of aromatic nitrogens is 2. The van der Waals surface area contributed by atoms with E-state index in [1.54, 1.807) is 0 Å². The largest absolute Gasteiger partial charge is 0.339 e. The van der Waals surface area contributed by atoms with Crippen LogP contribution in [0.5, 0.6) is 0 Å². The summed E-state index contributed by atoms with van der Waals surface area (Å²) in [5.74, 6) is 0.394. The van der Waals surface area contributed by atoms with Crippen molar-refractivity contribution in [3.8, 4) is 0 Å². The molecule has 146 valence electrons. The Hall–Kier alpha value is -1.85. The molecular weight excluding hydrogens is 328 g/mol. The van der Waals surface area contributed by atoms with Gasteiger partial charge in [0, 0.05) is 37.3 Å². The molecule has 0 atom stereocenters.